The second-order valence-electron chi connectivity index (χ2n) is 4.08. The van der Waals surface area contributed by atoms with Crippen LogP contribution >= 0.6 is 11.3 Å². The van der Waals surface area contributed by atoms with Crippen molar-refractivity contribution in [3.63, 3.8) is 0 Å². The maximum atomic E-state index is 11.0. The molecule has 6 nitrogen and oxygen atoms in total. The summed E-state index contributed by atoms with van der Waals surface area (Å²) in [6.45, 7) is 2.62. The number of hydrogen-bond acceptors (Lipinski definition) is 6. The van der Waals surface area contributed by atoms with Gasteiger partial charge in [-0.25, -0.2) is 14.8 Å². The van der Waals surface area contributed by atoms with Crippen LogP contribution in [0.4, 0.5) is 11.5 Å². The zero-order valence-electron chi connectivity index (χ0n) is 10.3. The zero-order chi connectivity index (χ0) is 13.8. The Morgan fingerprint density at radius 1 is 1.53 bits per heavy atom. The first-order valence-corrected chi connectivity index (χ1v) is 6.58. The van der Waals surface area contributed by atoms with Crippen molar-refractivity contribution in [2.24, 2.45) is 0 Å². The molecule has 0 saturated carbocycles. The van der Waals surface area contributed by atoms with Gasteiger partial charge < -0.3 is 16.2 Å². The Bertz CT molecular complexity index is 571. The lowest BCUT2D eigenvalue weighted by atomic mass is 10.2. The van der Waals surface area contributed by atoms with Gasteiger partial charge in [0.15, 0.2) is 0 Å². The van der Waals surface area contributed by atoms with E-state index in [4.69, 9.17) is 10.8 Å². The van der Waals surface area contributed by atoms with Gasteiger partial charge in [0.1, 0.15) is 5.82 Å². The van der Waals surface area contributed by atoms with Gasteiger partial charge in [-0.2, -0.15) is 0 Å². The van der Waals surface area contributed by atoms with Crippen molar-refractivity contribution in [1.29, 1.82) is 0 Å². The predicted octanol–water partition coefficient (Wildman–Crippen LogP) is 2.03. The topological polar surface area (TPSA) is 101 Å². The summed E-state index contributed by atoms with van der Waals surface area (Å²) in [5.41, 5.74) is 5.98. The second-order valence-corrected chi connectivity index (χ2v) is 5.00. The molecule has 0 bridgehead atoms. The Kier molecular flexibility index (Phi) is 3.96. The quantitative estimate of drug-likeness (QED) is 0.773. The number of thiazole rings is 1. The molecule has 4 N–H and O–H groups in total. The number of aromatic nitrogens is 2. The van der Waals surface area contributed by atoms with Gasteiger partial charge in [-0.05, 0) is 6.07 Å². The summed E-state index contributed by atoms with van der Waals surface area (Å²) in [6.07, 6.45) is 3.18. The third-order valence-corrected chi connectivity index (χ3v) is 3.68. The molecule has 2 rings (SSSR count). The van der Waals surface area contributed by atoms with Crippen LogP contribution in [0.25, 0.3) is 0 Å². The first-order chi connectivity index (χ1) is 9.09. The molecule has 1 atom stereocenters. The van der Waals surface area contributed by atoms with Crippen LogP contribution in [0.2, 0.25) is 0 Å². The van der Waals surface area contributed by atoms with Gasteiger partial charge in [0.2, 0.25) is 0 Å². The van der Waals surface area contributed by atoms with Crippen molar-refractivity contribution < 1.29 is 9.90 Å². The molecule has 0 aliphatic carbocycles. The summed E-state index contributed by atoms with van der Waals surface area (Å²) in [4.78, 5) is 19.2. The highest BCUT2D eigenvalue weighted by Gasteiger charge is 2.13. The molecular formula is C12H14N4O2S. The van der Waals surface area contributed by atoms with E-state index in [-0.39, 0.29) is 17.2 Å². The van der Waals surface area contributed by atoms with Gasteiger partial charge in [-0.3, -0.25) is 0 Å². The zero-order valence-corrected chi connectivity index (χ0v) is 11.1. The van der Waals surface area contributed by atoms with Crippen LogP contribution in [-0.2, 0) is 0 Å². The summed E-state index contributed by atoms with van der Waals surface area (Å²) >= 11 is 1.58. The SMILES string of the molecule is CC(CNc1nccc(C(=O)O)c1N)c1nccs1. The van der Waals surface area contributed by atoms with Crippen molar-refractivity contribution in [1.82, 2.24) is 9.97 Å². The van der Waals surface area contributed by atoms with Crippen LogP contribution < -0.4 is 11.1 Å². The molecule has 0 aliphatic heterocycles. The first-order valence-electron chi connectivity index (χ1n) is 5.70. The van der Waals surface area contributed by atoms with Crippen molar-refractivity contribution in [3.05, 3.63) is 34.4 Å². The van der Waals surface area contributed by atoms with Crippen LogP contribution in [0.5, 0.6) is 0 Å². The Balaban J connectivity index is 2.08. The van der Waals surface area contributed by atoms with E-state index < -0.39 is 5.97 Å². The summed E-state index contributed by atoms with van der Waals surface area (Å²) in [6, 6.07) is 1.38. The number of carboxylic acids is 1. The van der Waals surface area contributed by atoms with E-state index in [2.05, 4.69) is 15.3 Å². The molecule has 0 saturated heterocycles. The highest BCUT2D eigenvalue weighted by Crippen LogP contribution is 2.22. The molecule has 2 aromatic heterocycles. The van der Waals surface area contributed by atoms with E-state index in [0.29, 0.717) is 12.4 Å². The van der Waals surface area contributed by atoms with E-state index in [1.807, 2.05) is 12.3 Å². The van der Waals surface area contributed by atoms with Crippen LogP contribution in [0.15, 0.2) is 23.8 Å². The molecule has 7 heteroatoms. The number of nitrogens with one attached hydrogen (secondary N) is 1. The van der Waals surface area contributed by atoms with E-state index in [0.717, 1.165) is 5.01 Å². The predicted molar refractivity (Wildman–Crippen MR) is 74.6 cm³/mol. The third-order valence-electron chi connectivity index (χ3n) is 2.67. The fourth-order valence-corrected chi connectivity index (χ4v) is 2.31. The molecule has 1 unspecified atom stereocenters. The molecule has 0 radical (unpaired) electrons. The normalized spacial score (nSPS) is 12.1. The summed E-state index contributed by atoms with van der Waals surface area (Å²) in [5, 5.41) is 15.0. The molecule has 2 heterocycles. The minimum absolute atomic E-state index is 0.0550. The number of hydrogen-bond donors (Lipinski definition) is 3. The van der Waals surface area contributed by atoms with Crippen molar-refractivity contribution in [2.75, 3.05) is 17.6 Å². The van der Waals surface area contributed by atoms with Gasteiger partial charge in [-0.15, -0.1) is 11.3 Å². The van der Waals surface area contributed by atoms with Crippen LogP contribution in [-0.4, -0.2) is 27.6 Å². The first kappa shape index (κ1) is 13.3. The van der Waals surface area contributed by atoms with E-state index in [9.17, 15) is 4.79 Å². The average molecular weight is 278 g/mol. The number of aromatic carboxylic acids is 1. The van der Waals surface area contributed by atoms with Crippen LogP contribution in [0, 0.1) is 0 Å². The smallest absolute Gasteiger partial charge is 0.337 e. The number of pyridine rings is 1. The van der Waals surface area contributed by atoms with Gasteiger partial charge in [-0.1, -0.05) is 6.92 Å². The maximum Gasteiger partial charge on any atom is 0.337 e. The number of nitrogens with two attached hydrogens (primary N) is 1. The molecule has 100 valence electrons. The maximum absolute atomic E-state index is 11.0. The minimum atomic E-state index is -1.06. The Labute approximate surface area is 114 Å². The van der Waals surface area contributed by atoms with Gasteiger partial charge in [0.05, 0.1) is 16.3 Å². The number of rotatable bonds is 5. The lowest BCUT2D eigenvalue weighted by Crippen LogP contribution is -2.14. The molecular weight excluding hydrogens is 264 g/mol. The van der Waals surface area contributed by atoms with Gasteiger partial charge in [0.25, 0.3) is 0 Å². The number of nitrogen functional groups attached to an aromatic ring is 1. The molecule has 0 amide bonds. The summed E-state index contributed by atoms with van der Waals surface area (Å²) < 4.78 is 0. The number of carbonyl (C=O) groups is 1. The Morgan fingerprint density at radius 3 is 2.95 bits per heavy atom. The summed E-state index contributed by atoms with van der Waals surface area (Å²) in [7, 11) is 0. The monoisotopic (exact) mass is 278 g/mol. The fraction of sp³-hybridized carbons (Fsp3) is 0.250. The number of nitrogens with zero attached hydrogens (tertiary/aromatic N) is 2. The minimum Gasteiger partial charge on any atom is -0.478 e. The standard InChI is InChI=1S/C12H14N4O2S/c1-7(11-15-4-5-19-11)6-16-10-9(13)8(12(17)18)2-3-14-10/h2-5,7H,6,13H2,1H3,(H,14,16)(H,17,18). The van der Waals surface area contributed by atoms with Crippen LogP contribution in [0.1, 0.15) is 28.2 Å². The largest absolute Gasteiger partial charge is 0.478 e. The lowest BCUT2D eigenvalue weighted by Gasteiger charge is -2.13. The molecule has 0 aliphatic rings. The summed E-state index contributed by atoms with van der Waals surface area (Å²) in [5.74, 6) is -0.464. The molecule has 0 fully saturated rings. The lowest BCUT2D eigenvalue weighted by molar-refractivity contribution is 0.0698. The van der Waals surface area contributed by atoms with E-state index in [1.54, 1.807) is 17.5 Å². The van der Waals surface area contributed by atoms with E-state index >= 15 is 0 Å². The van der Waals surface area contributed by atoms with Crippen LogP contribution in [0.3, 0.4) is 0 Å². The molecule has 2 aromatic rings. The van der Waals surface area contributed by atoms with E-state index in [1.165, 1.54) is 12.3 Å². The molecule has 0 aromatic carbocycles. The highest BCUT2D eigenvalue weighted by molar-refractivity contribution is 7.09. The molecule has 19 heavy (non-hydrogen) atoms. The molecule has 0 spiro atoms. The number of carboxylic acid groups (broad SMARTS) is 1. The average Bonchev–Trinajstić information content (AvgIpc) is 2.90. The third kappa shape index (κ3) is 3.00. The van der Waals surface area contributed by atoms with Crippen molar-refractivity contribution in [3.8, 4) is 0 Å². The van der Waals surface area contributed by atoms with Crippen molar-refractivity contribution >= 4 is 28.8 Å². The Morgan fingerprint density at radius 2 is 2.32 bits per heavy atom. The van der Waals surface area contributed by atoms with Gasteiger partial charge in [0, 0.05) is 30.2 Å². The number of anilines is 2. The fourth-order valence-electron chi connectivity index (χ4n) is 1.62. The Hall–Kier alpha value is -2.15. The van der Waals surface area contributed by atoms with Crippen molar-refractivity contribution in [2.45, 2.75) is 12.8 Å². The second kappa shape index (κ2) is 5.66. The highest BCUT2D eigenvalue weighted by atomic mass is 32.1. The van der Waals surface area contributed by atoms with Gasteiger partial charge >= 0.3 is 5.97 Å².